The van der Waals surface area contributed by atoms with Gasteiger partial charge in [0.1, 0.15) is 0 Å². The molecule has 0 radical (unpaired) electrons. The molecule has 1 aliphatic rings. The zero-order chi connectivity index (χ0) is 21.1. The highest BCUT2D eigenvalue weighted by Crippen LogP contribution is 2.30. The number of aliphatic hydroxyl groups is 2. The highest BCUT2D eigenvalue weighted by atomic mass is 19.4. The summed E-state index contributed by atoms with van der Waals surface area (Å²) in [6.07, 6.45) is -4.38. The molecule has 0 saturated heterocycles. The topological polar surface area (TPSA) is 142 Å². The van der Waals surface area contributed by atoms with E-state index in [1.807, 2.05) is 0 Å². The summed E-state index contributed by atoms with van der Waals surface area (Å²) in [5.74, 6) is 0.0179. The Morgan fingerprint density at radius 2 is 1.39 bits per heavy atom. The van der Waals surface area contributed by atoms with Crippen LogP contribution in [0.15, 0.2) is 48.5 Å². The molecule has 148 valence electrons. The van der Waals surface area contributed by atoms with E-state index in [1.165, 1.54) is 12.1 Å². The monoisotopic (exact) mass is 397 g/mol. The molecule has 3 rings (SSSR count). The van der Waals surface area contributed by atoms with Crippen molar-refractivity contribution >= 4 is 23.3 Å². The number of alkyl halides is 3. The number of hydrazine groups is 1. The van der Waals surface area contributed by atoms with Crippen LogP contribution in [0.4, 0.5) is 23.7 Å². The lowest BCUT2D eigenvalue weighted by Gasteiger charge is -2.08. The van der Waals surface area contributed by atoms with E-state index in [4.69, 9.17) is 16.1 Å². The molecule has 0 unspecified atom stereocenters. The average molecular weight is 397 g/mol. The van der Waals surface area contributed by atoms with Crippen molar-refractivity contribution in [1.82, 2.24) is 5.43 Å². The van der Waals surface area contributed by atoms with Crippen LogP contribution in [0.5, 0.6) is 0 Å². The molecular formula is C17H14F3N3O5. The van der Waals surface area contributed by atoms with E-state index >= 15 is 0 Å². The number of nitrogens with one attached hydrogen (secondary N) is 2. The summed E-state index contributed by atoms with van der Waals surface area (Å²) in [5, 5.41) is 20.4. The van der Waals surface area contributed by atoms with Crippen LogP contribution in [-0.4, -0.2) is 33.6 Å². The highest BCUT2D eigenvalue weighted by Gasteiger charge is 2.50. The fraction of sp³-hybridized carbons (Fsp3) is 0.118. The minimum Gasteiger partial charge on any atom is -0.353 e. The van der Waals surface area contributed by atoms with Crippen LogP contribution < -0.4 is 16.6 Å². The second kappa shape index (κ2) is 7.76. The molecule has 0 saturated carbocycles. The lowest BCUT2D eigenvalue weighted by Crippen LogP contribution is -2.40. The number of carbonyl (C=O) groups is 3. The molecular weight excluding hydrogens is 383 g/mol. The minimum absolute atomic E-state index is 0.0671. The van der Waals surface area contributed by atoms with Crippen LogP contribution in [0.1, 0.15) is 26.3 Å². The van der Waals surface area contributed by atoms with Crippen molar-refractivity contribution in [2.45, 2.75) is 12.0 Å². The fourth-order valence-corrected chi connectivity index (χ4v) is 2.27. The maximum atomic E-state index is 12.1. The molecule has 2 aromatic rings. The predicted molar refractivity (Wildman–Crippen MR) is 90.1 cm³/mol. The Labute approximate surface area is 155 Å². The summed E-state index contributed by atoms with van der Waals surface area (Å²) >= 11 is 0. The summed E-state index contributed by atoms with van der Waals surface area (Å²) in [6.45, 7) is 0. The van der Waals surface area contributed by atoms with Gasteiger partial charge in [-0.15, -0.1) is 0 Å². The summed E-state index contributed by atoms with van der Waals surface area (Å²) < 4.78 is 36.4. The predicted octanol–water partition coefficient (Wildman–Crippen LogP) is 1.45. The van der Waals surface area contributed by atoms with E-state index in [2.05, 4.69) is 5.32 Å². The smallest absolute Gasteiger partial charge is 0.353 e. The number of nitrogens with two attached hydrogens (primary N) is 1. The lowest BCUT2D eigenvalue weighted by molar-refractivity contribution is -0.137. The van der Waals surface area contributed by atoms with Gasteiger partial charge in [0.2, 0.25) is 11.6 Å². The Balaban J connectivity index is 0.000000202. The van der Waals surface area contributed by atoms with Crippen molar-refractivity contribution in [2.75, 3.05) is 5.32 Å². The van der Waals surface area contributed by atoms with Gasteiger partial charge in [-0.05, 0) is 24.3 Å². The second-order valence-electron chi connectivity index (χ2n) is 5.55. The summed E-state index contributed by atoms with van der Waals surface area (Å²) in [5.41, 5.74) is 1.37. The molecule has 0 aromatic heterocycles. The number of hydrogen-bond acceptors (Lipinski definition) is 6. The number of anilines is 1. The van der Waals surface area contributed by atoms with E-state index in [9.17, 15) is 27.6 Å². The van der Waals surface area contributed by atoms with E-state index in [0.717, 1.165) is 24.3 Å². The number of Topliss-reactive ketones (excluding diaryl/α,β-unsaturated/α-hetero) is 2. The van der Waals surface area contributed by atoms with Crippen molar-refractivity contribution in [1.29, 1.82) is 0 Å². The number of urea groups is 1. The van der Waals surface area contributed by atoms with Gasteiger partial charge in [0.05, 0.1) is 5.56 Å². The Morgan fingerprint density at radius 1 is 0.929 bits per heavy atom. The molecule has 2 amide bonds. The summed E-state index contributed by atoms with van der Waals surface area (Å²) in [7, 11) is 0. The maximum Gasteiger partial charge on any atom is 0.416 e. The van der Waals surface area contributed by atoms with Crippen LogP contribution in [0.25, 0.3) is 0 Å². The van der Waals surface area contributed by atoms with E-state index in [-0.39, 0.29) is 16.8 Å². The van der Waals surface area contributed by atoms with Gasteiger partial charge in [0.15, 0.2) is 0 Å². The number of ketones is 2. The molecule has 0 atom stereocenters. The van der Waals surface area contributed by atoms with Gasteiger partial charge in [-0.2, -0.15) is 13.2 Å². The van der Waals surface area contributed by atoms with E-state index < -0.39 is 35.1 Å². The number of amides is 2. The SMILES string of the molecule is NNC(=O)Nc1ccc(C(F)(F)F)cc1.O=C1c2ccccc2C(=O)C1(O)O. The normalized spacial score (nSPS) is 14.6. The fourth-order valence-electron chi connectivity index (χ4n) is 2.27. The van der Waals surface area contributed by atoms with Crippen molar-refractivity contribution in [3.63, 3.8) is 0 Å². The highest BCUT2D eigenvalue weighted by molar-refractivity contribution is 6.30. The van der Waals surface area contributed by atoms with Gasteiger partial charge in [0, 0.05) is 16.8 Å². The molecule has 0 spiro atoms. The first-order valence-electron chi connectivity index (χ1n) is 7.56. The molecule has 11 heteroatoms. The first-order valence-corrected chi connectivity index (χ1v) is 7.56. The van der Waals surface area contributed by atoms with Crippen molar-refractivity contribution in [3.05, 3.63) is 65.2 Å². The number of fused-ring (bicyclic) bond motifs is 1. The average Bonchev–Trinajstić information content (AvgIpc) is 2.83. The first-order chi connectivity index (χ1) is 13.0. The number of carbonyl (C=O) groups excluding carboxylic acids is 3. The van der Waals surface area contributed by atoms with Crippen LogP contribution in [0, 0.1) is 0 Å². The molecule has 0 bridgehead atoms. The molecule has 1 aliphatic carbocycles. The van der Waals surface area contributed by atoms with Gasteiger partial charge >= 0.3 is 12.2 Å². The molecule has 0 fully saturated rings. The van der Waals surface area contributed by atoms with Crippen molar-refractivity contribution < 1.29 is 37.8 Å². The third kappa shape index (κ3) is 4.34. The van der Waals surface area contributed by atoms with E-state index in [1.54, 1.807) is 17.6 Å². The quantitative estimate of drug-likeness (QED) is 0.162. The number of halogens is 3. The van der Waals surface area contributed by atoms with Crippen molar-refractivity contribution in [2.24, 2.45) is 5.84 Å². The second-order valence-corrected chi connectivity index (χ2v) is 5.55. The van der Waals surface area contributed by atoms with Crippen LogP contribution in [-0.2, 0) is 6.18 Å². The molecule has 28 heavy (non-hydrogen) atoms. The summed E-state index contributed by atoms with van der Waals surface area (Å²) in [4.78, 5) is 33.1. The van der Waals surface area contributed by atoms with E-state index in [0.29, 0.717) is 0 Å². The Bertz CT molecular complexity index is 874. The maximum absolute atomic E-state index is 12.1. The number of hydrogen-bond donors (Lipinski definition) is 5. The molecule has 2 aromatic carbocycles. The van der Waals surface area contributed by atoms with Gasteiger partial charge in [-0.3, -0.25) is 15.0 Å². The molecule has 8 nitrogen and oxygen atoms in total. The third-order valence-electron chi connectivity index (χ3n) is 3.65. The lowest BCUT2D eigenvalue weighted by atomic mass is 10.1. The van der Waals surface area contributed by atoms with Gasteiger partial charge < -0.3 is 15.5 Å². The Morgan fingerprint density at radius 3 is 1.79 bits per heavy atom. The number of benzene rings is 2. The van der Waals surface area contributed by atoms with Gasteiger partial charge in [0.25, 0.3) is 5.79 Å². The van der Waals surface area contributed by atoms with Gasteiger partial charge in [-0.1, -0.05) is 24.3 Å². The molecule has 6 N–H and O–H groups in total. The summed E-state index contributed by atoms with van der Waals surface area (Å²) in [6, 6.07) is 9.22. The zero-order valence-corrected chi connectivity index (χ0v) is 13.9. The minimum atomic E-state index is -4.38. The number of rotatable bonds is 1. The first kappa shape index (κ1) is 21.0. The van der Waals surface area contributed by atoms with Crippen LogP contribution in [0.2, 0.25) is 0 Å². The van der Waals surface area contributed by atoms with Gasteiger partial charge in [-0.25, -0.2) is 10.6 Å². The zero-order valence-electron chi connectivity index (χ0n) is 13.9. The Kier molecular flexibility index (Phi) is 5.83. The Hall–Kier alpha value is -3.28. The van der Waals surface area contributed by atoms with Crippen molar-refractivity contribution in [3.8, 4) is 0 Å². The third-order valence-corrected chi connectivity index (χ3v) is 3.65. The molecule has 0 aliphatic heterocycles. The standard InChI is InChI=1S/C9H6O4.C8H8F3N3O/c10-7-5-3-1-2-4-6(5)8(11)9(7,12)13;9-8(10,11)5-1-3-6(4-2-5)13-7(15)14-12/h1-4,12-13H;1-4H,12H2,(H2,13,14,15). The largest absolute Gasteiger partial charge is 0.416 e. The molecule has 0 heterocycles. The van der Waals surface area contributed by atoms with Crippen LogP contribution in [0.3, 0.4) is 0 Å². The van der Waals surface area contributed by atoms with Crippen LogP contribution >= 0.6 is 0 Å².